The molecule has 0 aliphatic heterocycles. The van der Waals surface area contributed by atoms with Crippen LogP contribution < -0.4 is 0 Å². The van der Waals surface area contributed by atoms with Crippen molar-refractivity contribution < 1.29 is 28.6 Å². The molecule has 0 rings (SSSR count). The quantitative estimate of drug-likeness (QED) is 0.0262. The van der Waals surface area contributed by atoms with Crippen molar-refractivity contribution >= 4 is 17.9 Å². The molecule has 0 aromatic carbocycles. The molecular formula is C55H100O6. The Bertz CT molecular complexity index is 1030. The van der Waals surface area contributed by atoms with Crippen LogP contribution in [0.15, 0.2) is 36.5 Å². The molecule has 0 aliphatic rings. The third kappa shape index (κ3) is 48.5. The van der Waals surface area contributed by atoms with Gasteiger partial charge in [0.1, 0.15) is 13.2 Å². The van der Waals surface area contributed by atoms with Crippen molar-refractivity contribution in [2.45, 2.75) is 284 Å². The topological polar surface area (TPSA) is 78.9 Å². The van der Waals surface area contributed by atoms with Crippen molar-refractivity contribution in [1.29, 1.82) is 0 Å². The summed E-state index contributed by atoms with van der Waals surface area (Å²) in [5, 5.41) is 0. The number of esters is 3. The van der Waals surface area contributed by atoms with Crippen LogP contribution in [0.3, 0.4) is 0 Å². The van der Waals surface area contributed by atoms with E-state index in [0.29, 0.717) is 19.3 Å². The van der Waals surface area contributed by atoms with Gasteiger partial charge in [-0.1, -0.05) is 198 Å². The van der Waals surface area contributed by atoms with Crippen LogP contribution in [-0.4, -0.2) is 37.2 Å². The Balaban J connectivity index is 4.34. The van der Waals surface area contributed by atoms with Gasteiger partial charge in [-0.05, 0) is 96.3 Å². The summed E-state index contributed by atoms with van der Waals surface area (Å²) < 4.78 is 16.8. The lowest BCUT2D eigenvalue weighted by Crippen LogP contribution is -2.30. The van der Waals surface area contributed by atoms with Gasteiger partial charge in [-0.2, -0.15) is 0 Å². The first kappa shape index (κ1) is 58.6. The lowest BCUT2D eigenvalue weighted by Gasteiger charge is -2.18. The predicted molar refractivity (Wildman–Crippen MR) is 261 cm³/mol. The maximum atomic E-state index is 12.8. The van der Waals surface area contributed by atoms with E-state index in [0.717, 1.165) is 77.0 Å². The first-order valence-corrected chi connectivity index (χ1v) is 26.5. The summed E-state index contributed by atoms with van der Waals surface area (Å²) in [5.41, 5.74) is 0. The van der Waals surface area contributed by atoms with E-state index in [1.54, 1.807) is 0 Å². The second kappa shape index (κ2) is 50.3. The Morgan fingerprint density at radius 3 is 0.869 bits per heavy atom. The van der Waals surface area contributed by atoms with E-state index in [1.807, 2.05) is 0 Å². The van der Waals surface area contributed by atoms with E-state index in [-0.39, 0.29) is 31.1 Å². The van der Waals surface area contributed by atoms with Crippen molar-refractivity contribution in [2.75, 3.05) is 13.2 Å². The fraction of sp³-hybridized carbons (Fsp3) is 0.836. The molecule has 0 aliphatic carbocycles. The average molecular weight is 857 g/mol. The zero-order valence-corrected chi connectivity index (χ0v) is 40.7. The molecule has 0 aromatic rings. The second-order valence-corrected chi connectivity index (χ2v) is 17.8. The number of carbonyl (C=O) groups excluding carboxylic acids is 3. The van der Waals surface area contributed by atoms with Gasteiger partial charge in [0.25, 0.3) is 0 Å². The first-order chi connectivity index (χ1) is 30.0. The summed E-state index contributed by atoms with van der Waals surface area (Å²) in [7, 11) is 0. The van der Waals surface area contributed by atoms with Crippen molar-refractivity contribution in [3.05, 3.63) is 36.5 Å². The molecule has 0 saturated heterocycles. The molecule has 0 aromatic heterocycles. The lowest BCUT2D eigenvalue weighted by molar-refractivity contribution is -0.167. The second-order valence-electron chi connectivity index (χ2n) is 17.8. The zero-order chi connectivity index (χ0) is 44.4. The Morgan fingerprint density at radius 1 is 0.311 bits per heavy atom. The minimum atomic E-state index is -0.778. The van der Waals surface area contributed by atoms with E-state index in [1.165, 1.54) is 161 Å². The standard InChI is InChI=1S/C55H100O6/c1-4-7-10-13-16-19-22-25-26-27-28-29-31-33-36-39-42-45-48-54(57)60-51-52(50-59-53(56)47-44-41-38-35-32-24-21-18-15-12-9-6-3)61-55(58)49-46-43-40-37-34-30-23-20-17-14-11-8-5-2/h18,20-21,23,26-27,52H,4-17,19,22,24-25,28-51H2,1-3H3/b21-18-,23-20-,27-26-. The minimum Gasteiger partial charge on any atom is -0.462 e. The van der Waals surface area contributed by atoms with E-state index >= 15 is 0 Å². The van der Waals surface area contributed by atoms with Gasteiger partial charge in [-0.25, -0.2) is 0 Å². The summed E-state index contributed by atoms with van der Waals surface area (Å²) >= 11 is 0. The summed E-state index contributed by atoms with van der Waals surface area (Å²) in [6.45, 7) is 6.60. The number of carbonyl (C=O) groups is 3. The van der Waals surface area contributed by atoms with Crippen LogP contribution >= 0.6 is 0 Å². The molecule has 6 nitrogen and oxygen atoms in total. The summed E-state index contributed by atoms with van der Waals surface area (Å²) in [4.78, 5) is 37.9. The molecule has 0 fully saturated rings. The van der Waals surface area contributed by atoms with Crippen LogP contribution in [0.2, 0.25) is 0 Å². The molecule has 0 bridgehead atoms. The number of ether oxygens (including phenoxy) is 3. The van der Waals surface area contributed by atoms with Gasteiger partial charge in [0.05, 0.1) is 0 Å². The number of unbranched alkanes of at least 4 members (excludes halogenated alkanes) is 31. The highest BCUT2D eigenvalue weighted by Crippen LogP contribution is 2.15. The highest BCUT2D eigenvalue weighted by Gasteiger charge is 2.19. The van der Waals surface area contributed by atoms with Gasteiger partial charge >= 0.3 is 17.9 Å². The van der Waals surface area contributed by atoms with Gasteiger partial charge in [0.2, 0.25) is 0 Å². The van der Waals surface area contributed by atoms with Crippen molar-refractivity contribution in [3.63, 3.8) is 0 Å². The Hall–Kier alpha value is -2.37. The summed E-state index contributed by atoms with van der Waals surface area (Å²) in [6, 6.07) is 0. The molecule has 0 saturated carbocycles. The van der Waals surface area contributed by atoms with E-state index < -0.39 is 6.10 Å². The van der Waals surface area contributed by atoms with Crippen LogP contribution in [0.5, 0.6) is 0 Å². The van der Waals surface area contributed by atoms with Crippen LogP contribution in [0.25, 0.3) is 0 Å². The molecule has 0 heterocycles. The number of rotatable bonds is 48. The first-order valence-electron chi connectivity index (χ1n) is 26.5. The molecule has 1 unspecified atom stereocenters. The molecule has 6 heteroatoms. The van der Waals surface area contributed by atoms with Crippen LogP contribution in [-0.2, 0) is 28.6 Å². The van der Waals surface area contributed by atoms with Gasteiger partial charge in [0.15, 0.2) is 6.10 Å². The SMILES string of the molecule is CCCCC/C=C\CCCCCCCC(=O)OCC(COC(=O)CCCCCCCCC/C=C\CCCCCCCCC)OC(=O)CCCCCCC/C=C\CCCCCC. The third-order valence-corrected chi connectivity index (χ3v) is 11.6. The largest absolute Gasteiger partial charge is 0.462 e. The predicted octanol–water partition coefficient (Wildman–Crippen LogP) is 17.3. The van der Waals surface area contributed by atoms with Crippen molar-refractivity contribution in [2.24, 2.45) is 0 Å². The number of hydrogen-bond donors (Lipinski definition) is 0. The minimum absolute atomic E-state index is 0.0789. The Morgan fingerprint density at radius 2 is 0.541 bits per heavy atom. The van der Waals surface area contributed by atoms with E-state index in [4.69, 9.17) is 14.2 Å². The molecule has 61 heavy (non-hydrogen) atoms. The van der Waals surface area contributed by atoms with Crippen LogP contribution in [0.4, 0.5) is 0 Å². The molecule has 356 valence electrons. The normalized spacial score (nSPS) is 12.2. The molecule has 0 amide bonds. The molecular weight excluding hydrogens is 757 g/mol. The van der Waals surface area contributed by atoms with Crippen LogP contribution in [0.1, 0.15) is 278 Å². The number of allylic oxidation sites excluding steroid dienone is 6. The highest BCUT2D eigenvalue weighted by molar-refractivity contribution is 5.71. The highest BCUT2D eigenvalue weighted by atomic mass is 16.6. The smallest absolute Gasteiger partial charge is 0.306 e. The van der Waals surface area contributed by atoms with Gasteiger partial charge in [0, 0.05) is 19.3 Å². The molecule has 1 atom stereocenters. The Labute approximate surface area is 378 Å². The van der Waals surface area contributed by atoms with Crippen molar-refractivity contribution in [1.82, 2.24) is 0 Å². The third-order valence-electron chi connectivity index (χ3n) is 11.6. The van der Waals surface area contributed by atoms with Gasteiger partial charge in [-0.3, -0.25) is 14.4 Å². The zero-order valence-electron chi connectivity index (χ0n) is 40.7. The average Bonchev–Trinajstić information content (AvgIpc) is 3.26. The van der Waals surface area contributed by atoms with E-state index in [9.17, 15) is 14.4 Å². The summed E-state index contributed by atoms with van der Waals surface area (Å²) in [6.07, 6.45) is 58.4. The van der Waals surface area contributed by atoms with Crippen molar-refractivity contribution in [3.8, 4) is 0 Å². The van der Waals surface area contributed by atoms with E-state index in [2.05, 4.69) is 57.2 Å². The maximum absolute atomic E-state index is 12.8. The molecule has 0 radical (unpaired) electrons. The maximum Gasteiger partial charge on any atom is 0.306 e. The van der Waals surface area contributed by atoms with Gasteiger partial charge in [-0.15, -0.1) is 0 Å². The Kier molecular flexibility index (Phi) is 48.3. The molecule has 0 spiro atoms. The fourth-order valence-electron chi connectivity index (χ4n) is 7.54. The summed E-state index contributed by atoms with van der Waals surface area (Å²) in [5.74, 6) is -0.892. The number of hydrogen-bond acceptors (Lipinski definition) is 6. The lowest BCUT2D eigenvalue weighted by atomic mass is 10.1. The van der Waals surface area contributed by atoms with Crippen LogP contribution in [0, 0.1) is 0 Å². The fourth-order valence-corrected chi connectivity index (χ4v) is 7.54. The molecule has 0 N–H and O–H groups in total. The van der Waals surface area contributed by atoms with Gasteiger partial charge < -0.3 is 14.2 Å². The monoisotopic (exact) mass is 857 g/mol.